The number of fused-ring (bicyclic) bond motifs is 7. The molecule has 0 unspecified atom stereocenters. The molecule has 5 nitrogen and oxygen atoms in total. The van der Waals surface area contributed by atoms with Gasteiger partial charge >= 0.3 is 0 Å². The Balaban J connectivity index is 1.36. The quantitative estimate of drug-likeness (QED) is 0.230. The van der Waals surface area contributed by atoms with Crippen LogP contribution in [0.25, 0.3) is 65.8 Å². The van der Waals surface area contributed by atoms with Crippen LogP contribution in [0.2, 0.25) is 0 Å². The molecule has 1 fully saturated rings. The molecule has 5 aromatic carbocycles. The maximum atomic E-state index is 6.66. The first-order chi connectivity index (χ1) is 18.8. The summed E-state index contributed by atoms with van der Waals surface area (Å²) in [6.07, 6.45) is 0. The third kappa shape index (κ3) is 3.14. The summed E-state index contributed by atoms with van der Waals surface area (Å²) in [5.41, 5.74) is 4.95. The summed E-state index contributed by atoms with van der Waals surface area (Å²) in [4.78, 5) is 12.5. The summed E-state index contributed by atoms with van der Waals surface area (Å²) in [7, 11) is 0. The Kier molecular flexibility index (Phi) is 4.43. The van der Waals surface area contributed by atoms with Crippen LogP contribution in [-0.4, -0.2) is 11.2 Å². The first kappa shape index (κ1) is 22.6. The standard InChI is InChI=1S/C34H27NO4/c1-33(2)34(3,4)39-35(38-33)28-17-9-16-25-24-14-7-13-23(31(24)37-32(25)28)22-12-8-15-26-27-18-20-10-5-6-11-21(20)19-29(27)36-30(22)26/h5-19H,1-4H3. The van der Waals surface area contributed by atoms with Gasteiger partial charge in [0.25, 0.3) is 0 Å². The first-order valence-electron chi connectivity index (χ1n) is 13.3. The monoisotopic (exact) mass is 513 g/mol. The maximum Gasteiger partial charge on any atom is 0.163 e. The van der Waals surface area contributed by atoms with Crippen LogP contribution in [0.3, 0.4) is 0 Å². The van der Waals surface area contributed by atoms with Crippen molar-refractivity contribution in [3.05, 3.63) is 91.0 Å². The Bertz CT molecular complexity index is 2080. The highest BCUT2D eigenvalue weighted by molar-refractivity contribution is 6.17. The summed E-state index contributed by atoms with van der Waals surface area (Å²) in [6, 6.07) is 31.4. The molecule has 0 N–H and O–H groups in total. The van der Waals surface area contributed by atoms with E-state index in [2.05, 4.69) is 78.9 Å². The van der Waals surface area contributed by atoms with E-state index in [-0.39, 0.29) is 0 Å². The average molecular weight is 514 g/mol. The number of para-hydroxylation sites is 3. The molecule has 0 aliphatic carbocycles. The molecular weight excluding hydrogens is 486 g/mol. The molecule has 1 aliphatic rings. The van der Waals surface area contributed by atoms with Crippen molar-refractivity contribution < 1.29 is 18.5 Å². The SMILES string of the molecule is CC1(C)ON(c2cccc3c2oc2c(-c4cccc5c4oc4cc6ccccc6cc45)cccc23)OC1(C)C. The fourth-order valence-corrected chi connectivity index (χ4v) is 5.61. The predicted octanol–water partition coefficient (Wildman–Crippen LogP) is 9.55. The average Bonchev–Trinajstić information content (AvgIpc) is 3.55. The van der Waals surface area contributed by atoms with Crippen LogP contribution < -0.4 is 5.23 Å². The van der Waals surface area contributed by atoms with Crippen molar-refractivity contribution in [2.45, 2.75) is 38.9 Å². The van der Waals surface area contributed by atoms with E-state index in [4.69, 9.17) is 18.5 Å². The van der Waals surface area contributed by atoms with Crippen LogP contribution in [0.1, 0.15) is 27.7 Å². The minimum atomic E-state index is -0.506. The van der Waals surface area contributed by atoms with Crippen molar-refractivity contribution in [1.82, 2.24) is 0 Å². The van der Waals surface area contributed by atoms with Gasteiger partial charge in [0.1, 0.15) is 33.6 Å². The normalized spacial score (nSPS) is 16.9. The Hall–Kier alpha value is -4.32. The molecule has 39 heavy (non-hydrogen) atoms. The van der Waals surface area contributed by atoms with Gasteiger partial charge in [-0.15, -0.1) is 5.23 Å². The fourth-order valence-electron chi connectivity index (χ4n) is 5.61. The van der Waals surface area contributed by atoms with Crippen molar-refractivity contribution in [3.8, 4) is 11.1 Å². The molecule has 192 valence electrons. The van der Waals surface area contributed by atoms with Gasteiger partial charge in [0.05, 0.1) is 0 Å². The van der Waals surface area contributed by atoms with E-state index in [1.54, 1.807) is 0 Å². The number of anilines is 1. The van der Waals surface area contributed by atoms with Gasteiger partial charge in [0.2, 0.25) is 0 Å². The number of nitrogens with zero attached hydrogens (tertiary/aromatic N) is 1. The van der Waals surface area contributed by atoms with Gasteiger partial charge in [-0.05, 0) is 56.7 Å². The van der Waals surface area contributed by atoms with Crippen molar-refractivity contribution in [2.75, 3.05) is 5.23 Å². The molecule has 0 atom stereocenters. The lowest BCUT2D eigenvalue weighted by Crippen LogP contribution is -2.41. The van der Waals surface area contributed by atoms with E-state index < -0.39 is 11.2 Å². The molecule has 8 rings (SSSR count). The molecule has 0 spiro atoms. The fraction of sp³-hybridized carbons (Fsp3) is 0.176. The van der Waals surface area contributed by atoms with E-state index in [9.17, 15) is 0 Å². The van der Waals surface area contributed by atoms with Crippen LogP contribution in [0.4, 0.5) is 5.69 Å². The van der Waals surface area contributed by atoms with Crippen LogP contribution in [0.15, 0.2) is 99.8 Å². The van der Waals surface area contributed by atoms with Crippen molar-refractivity contribution in [2.24, 2.45) is 0 Å². The molecule has 2 aromatic heterocycles. The topological polar surface area (TPSA) is 48.0 Å². The zero-order chi connectivity index (χ0) is 26.5. The van der Waals surface area contributed by atoms with E-state index in [1.807, 2.05) is 39.8 Å². The van der Waals surface area contributed by atoms with Crippen molar-refractivity contribution >= 4 is 60.3 Å². The van der Waals surface area contributed by atoms with Gasteiger partial charge in [-0.2, -0.15) is 0 Å². The van der Waals surface area contributed by atoms with Crippen LogP contribution >= 0.6 is 0 Å². The van der Waals surface area contributed by atoms with Gasteiger partial charge < -0.3 is 8.83 Å². The maximum absolute atomic E-state index is 6.66. The highest BCUT2D eigenvalue weighted by Gasteiger charge is 2.50. The highest BCUT2D eigenvalue weighted by Crippen LogP contribution is 2.46. The Morgan fingerprint density at radius 2 is 1.05 bits per heavy atom. The summed E-state index contributed by atoms with van der Waals surface area (Å²) >= 11 is 0. The number of furan rings is 2. The summed E-state index contributed by atoms with van der Waals surface area (Å²) < 4.78 is 13.2. The van der Waals surface area contributed by atoms with Gasteiger partial charge in [-0.25, -0.2) is 9.68 Å². The smallest absolute Gasteiger partial charge is 0.163 e. The molecule has 0 saturated carbocycles. The van der Waals surface area contributed by atoms with E-state index >= 15 is 0 Å². The lowest BCUT2D eigenvalue weighted by Gasteiger charge is -2.26. The molecule has 3 heterocycles. The second-order valence-corrected chi connectivity index (χ2v) is 11.4. The number of hydrogen-bond acceptors (Lipinski definition) is 5. The molecule has 5 heteroatoms. The zero-order valence-electron chi connectivity index (χ0n) is 22.2. The van der Waals surface area contributed by atoms with Crippen molar-refractivity contribution in [3.63, 3.8) is 0 Å². The van der Waals surface area contributed by atoms with Gasteiger partial charge in [-0.3, -0.25) is 0 Å². The Morgan fingerprint density at radius 1 is 0.513 bits per heavy atom. The largest absolute Gasteiger partial charge is 0.455 e. The third-order valence-corrected chi connectivity index (χ3v) is 8.43. The highest BCUT2D eigenvalue weighted by atomic mass is 17.0. The van der Waals surface area contributed by atoms with Crippen LogP contribution in [0, 0.1) is 0 Å². The summed E-state index contributed by atoms with van der Waals surface area (Å²) in [5.74, 6) is 0. The number of benzene rings is 5. The van der Waals surface area contributed by atoms with E-state index in [0.717, 1.165) is 66.1 Å². The lowest BCUT2D eigenvalue weighted by atomic mass is 9.90. The number of hydrogen-bond donors (Lipinski definition) is 0. The molecule has 0 amide bonds. The van der Waals surface area contributed by atoms with Gasteiger partial charge in [0.15, 0.2) is 5.58 Å². The van der Waals surface area contributed by atoms with E-state index in [1.165, 1.54) is 10.6 Å². The van der Waals surface area contributed by atoms with Crippen LogP contribution in [0.5, 0.6) is 0 Å². The molecule has 7 aromatic rings. The van der Waals surface area contributed by atoms with E-state index in [0.29, 0.717) is 0 Å². The third-order valence-electron chi connectivity index (χ3n) is 8.43. The van der Waals surface area contributed by atoms with Gasteiger partial charge in [-0.1, -0.05) is 72.8 Å². The molecule has 0 bridgehead atoms. The molecule has 1 saturated heterocycles. The van der Waals surface area contributed by atoms with Crippen LogP contribution in [-0.2, 0) is 9.68 Å². The van der Waals surface area contributed by atoms with Crippen molar-refractivity contribution in [1.29, 1.82) is 0 Å². The zero-order valence-corrected chi connectivity index (χ0v) is 22.2. The molecule has 1 aliphatic heterocycles. The molecular formula is C34H27NO4. The second kappa shape index (κ2) is 7.63. The Morgan fingerprint density at radius 3 is 1.72 bits per heavy atom. The van der Waals surface area contributed by atoms with Gasteiger partial charge in [0, 0.05) is 32.7 Å². The molecule has 0 radical (unpaired) electrons. The second-order valence-electron chi connectivity index (χ2n) is 11.4. The first-order valence-corrected chi connectivity index (χ1v) is 13.3. The minimum absolute atomic E-state index is 0.506. The summed E-state index contributed by atoms with van der Waals surface area (Å²) in [5, 5.41) is 8.10. The number of rotatable bonds is 2. The predicted molar refractivity (Wildman–Crippen MR) is 157 cm³/mol. The summed E-state index contributed by atoms with van der Waals surface area (Å²) in [6.45, 7) is 8.11. The lowest BCUT2D eigenvalue weighted by molar-refractivity contribution is -0.0269. The minimum Gasteiger partial charge on any atom is -0.455 e. The Labute approximate surface area is 225 Å².